The molecule has 0 saturated heterocycles. The summed E-state index contributed by atoms with van der Waals surface area (Å²) in [6, 6.07) is 0. The van der Waals surface area contributed by atoms with E-state index in [2.05, 4.69) is 4.74 Å². The Morgan fingerprint density at radius 2 is 2.04 bits per heavy atom. The average molecular weight is 364 g/mol. The maximum atomic E-state index is 12.0. The second-order valence-corrected chi connectivity index (χ2v) is 6.06. The number of methoxy groups -OCH3 is 2. The van der Waals surface area contributed by atoms with Gasteiger partial charge in [-0.15, -0.1) is 0 Å². The Kier molecular flexibility index (Phi) is 6.26. The number of aromatic hydroxyl groups is 1. The van der Waals surface area contributed by atoms with Crippen LogP contribution in [0.25, 0.3) is 0 Å². The molecule has 2 N–H and O–H groups in total. The molecule has 0 radical (unpaired) electrons. The van der Waals surface area contributed by atoms with Gasteiger partial charge in [-0.25, -0.2) is 4.79 Å². The van der Waals surface area contributed by atoms with Crippen LogP contribution in [0.15, 0.2) is 12.2 Å². The van der Waals surface area contributed by atoms with E-state index in [9.17, 15) is 19.8 Å². The molecule has 0 aliphatic carbocycles. The van der Waals surface area contributed by atoms with E-state index in [0.717, 1.165) is 5.56 Å². The van der Waals surface area contributed by atoms with Crippen molar-refractivity contribution < 1.29 is 34.0 Å². The van der Waals surface area contributed by atoms with Gasteiger partial charge < -0.3 is 24.4 Å². The summed E-state index contributed by atoms with van der Waals surface area (Å²) in [4.78, 5) is 23.4. The van der Waals surface area contributed by atoms with Crippen molar-refractivity contribution in [3.8, 4) is 11.5 Å². The van der Waals surface area contributed by atoms with E-state index < -0.39 is 24.0 Å². The van der Waals surface area contributed by atoms with E-state index in [4.69, 9.17) is 9.47 Å². The predicted octanol–water partition coefficient (Wildman–Crippen LogP) is 1.90. The second kappa shape index (κ2) is 8.23. The van der Waals surface area contributed by atoms with Crippen LogP contribution in [0.5, 0.6) is 11.5 Å². The number of hydrogen-bond acceptors (Lipinski definition) is 7. The first-order chi connectivity index (χ1) is 12.4. The number of benzene rings is 1. The highest BCUT2D eigenvalue weighted by atomic mass is 16.5. The van der Waals surface area contributed by atoms with Crippen LogP contribution in [0.1, 0.15) is 40.9 Å². The topological polar surface area (TPSA) is 102 Å². The minimum Gasteiger partial charge on any atom is -0.507 e. The number of phenols is 1. The molecule has 1 heterocycles. The maximum Gasteiger partial charge on any atom is 0.342 e. The van der Waals surface area contributed by atoms with Gasteiger partial charge in [0.2, 0.25) is 0 Å². The first kappa shape index (κ1) is 19.8. The molecule has 0 spiro atoms. The lowest BCUT2D eigenvalue weighted by Crippen LogP contribution is -2.24. The van der Waals surface area contributed by atoms with Crippen LogP contribution in [0.2, 0.25) is 0 Å². The highest BCUT2D eigenvalue weighted by Gasteiger charge is 2.32. The van der Waals surface area contributed by atoms with Crippen LogP contribution in [-0.4, -0.2) is 42.5 Å². The SMILES string of the molecule is CCc1c2c(c(O)c(C/C=C/C(O)C(C)C(=O)OC)c1OC)C(=O)OC2. The maximum absolute atomic E-state index is 12.0. The molecular formula is C19H24O7. The second-order valence-electron chi connectivity index (χ2n) is 6.06. The Morgan fingerprint density at radius 3 is 2.62 bits per heavy atom. The number of cyclic esters (lactones) is 1. The number of ether oxygens (including phenoxy) is 3. The number of carbonyl (C=O) groups is 2. The molecule has 0 aromatic heterocycles. The zero-order valence-corrected chi connectivity index (χ0v) is 15.4. The molecule has 1 aromatic rings. The summed E-state index contributed by atoms with van der Waals surface area (Å²) in [5.74, 6) is -1.46. The zero-order chi connectivity index (χ0) is 19.4. The minimum atomic E-state index is -1.03. The van der Waals surface area contributed by atoms with Crippen molar-refractivity contribution in [2.75, 3.05) is 14.2 Å². The number of phenolic OH excluding ortho intramolecular Hbond substituents is 1. The molecule has 1 aliphatic rings. The van der Waals surface area contributed by atoms with E-state index >= 15 is 0 Å². The standard InChI is InChI=1S/C19H24O7/c1-5-11-13-9-26-19(23)15(13)16(21)12(17(11)24-3)7-6-8-14(20)10(2)18(22)25-4/h6,8,10,14,20-21H,5,7,9H2,1-4H3/b8-6+. The van der Waals surface area contributed by atoms with Gasteiger partial charge in [-0.1, -0.05) is 19.1 Å². The molecule has 1 aromatic carbocycles. The van der Waals surface area contributed by atoms with Crippen LogP contribution in [-0.2, 0) is 33.7 Å². The number of carbonyl (C=O) groups excluding carboxylic acids is 2. The molecule has 0 bridgehead atoms. The van der Waals surface area contributed by atoms with Crippen LogP contribution in [0, 0.1) is 5.92 Å². The van der Waals surface area contributed by atoms with Gasteiger partial charge in [0.05, 0.1) is 26.2 Å². The fourth-order valence-electron chi connectivity index (χ4n) is 3.09. The Balaban J connectivity index is 2.35. The summed E-state index contributed by atoms with van der Waals surface area (Å²) in [5.41, 5.74) is 2.09. The van der Waals surface area contributed by atoms with Crippen molar-refractivity contribution in [2.45, 2.75) is 39.4 Å². The smallest absolute Gasteiger partial charge is 0.342 e. The van der Waals surface area contributed by atoms with Gasteiger partial charge in [-0.2, -0.15) is 0 Å². The number of allylic oxidation sites excluding steroid dienone is 1. The summed E-state index contributed by atoms with van der Waals surface area (Å²) in [6.07, 6.45) is 2.88. The third kappa shape index (κ3) is 3.53. The van der Waals surface area contributed by atoms with Crippen LogP contribution in [0.4, 0.5) is 0 Å². The predicted molar refractivity (Wildman–Crippen MR) is 93.2 cm³/mol. The normalized spacial score (nSPS) is 15.5. The summed E-state index contributed by atoms with van der Waals surface area (Å²) in [6.45, 7) is 3.60. The van der Waals surface area contributed by atoms with Gasteiger partial charge in [-0.05, 0) is 19.8 Å². The van der Waals surface area contributed by atoms with Crippen molar-refractivity contribution in [1.82, 2.24) is 0 Å². The van der Waals surface area contributed by atoms with Gasteiger partial charge in [0.15, 0.2) is 0 Å². The molecule has 0 amide bonds. The van der Waals surface area contributed by atoms with Crippen molar-refractivity contribution in [2.24, 2.45) is 5.92 Å². The zero-order valence-electron chi connectivity index (χ0n) is 15.4. The lowest BCUT2D eigenvalue weighted by atomic mass is 9.93. The number of rotatable bonds is 7. The third-order valence-corrected chi connectivity index (χ3v) is 4.59. The quantitative estimate of drug-likeness (QED) is 0.563. The molecule has 7 heteroatoms. The van der Waals surface area contributed by atoms with E-state index in [-0.39, 0.29) is 24.3 Å². The van der Waals surface area contributed by atoms with Gasteiger partial charge in [0.25, 0.3) is 0 Å². The van der Waals surface area contributed by atoms with Crippen LogP contribution < -0.4 is 4.74 Å². The fraction of sp³-hybridized carbons (Fsp3) is 0.474. The summed E-state index contributed by atoms with van der Waals surface area (Å²) in [7, 11) is 2.76. The molecule has 2 unspecified atom stereocenters. The van der Waals surface area contributed by atoms with E-state index in [0.29, 0.717) is 23.3 Å². The molecule has 2 atom stereocenters. The van der Waals surface area contributed by atoms with Crippen LogP contribution in [0.3, 0.4) is 0 Å². The molecular weight excluding hydrogens is 340 g/mol. The average Bonchev–Trinajstić information content (AvgIpc) is 3.03. The molecule has 0 fully saturated rings. The Hall–Kier alpha value is -2.54. The molecule has 0 saturated carbocycles. The third-order valence-electron chi connectivity index (χ3n) is 4.59. The molecule has 2 rings (SSSR count). The summed E-state index contributed by atoms with van der Waals surface area (Å²) in [5, 5.41) is 20.6. The number of esters is 2. The van der Waals surface area contributed by atoms with E-state index in [1.165, 1.54) is 20.3 Å². The van der Waals surface area contributed by atoms with Crippen molar-refractivity contribution in [3.63, 3.8) is 0 Å². The fourth-order valence-corrected chi connectivity index (χ4v) is 3.09. The van der Waals surface area contributed by atoms with Gasteiger partial charge >= 0.3 is 11.9 Å². The molecule has 1 aliphatic heterocycles. The number of fused-ring (bicyclic) bond motifs is 1. The minimum absolute atomic E-state index is 0.118. The van der Waals surface area contributed by atoms with Gasteiger partial charge in [0.1, 0.15) is 23.7 Å². The molecule has 142 valence electrons. The molecule has 26 heavy (non-hydrogen) atoms. The number of aliphatic hydroxyl groups excluding tert-OH is 1. The van der Waals surface area contributed by atoms with Gasteiger partial charge in [-0.3, -0.25) is 4.79 Å². The summed E-state index contributed by atoms with van der Waals surface area (Å²) >= 11 is 0. The monoisotopic (exact) mass is 364 g/mol. The highest BCUT2D eigenvalue weighted by molar-refractivity contribution is 5.98. The molecule has 7 nitrogen and oxygen atoms in total. The first-order valence-electron chi connectivity index (χ1n) is 8.40. The Bertz CT molecular complexity index is 736. The van der Waals surface area contributed by atoms with Gasteiger partial charge in [0, 0.05) is 16.7 Å². The lowest BCUT2D eigenvalue weighted by Gasteiger charge is -2.17. The summed E-state index contributed by atoms with van der Waals surface area (Å²) < 4.78 is 15.1. The Morgan fingerprint density at radius 1 is 1.35 bits per heavy atom. The van der Waals surface area contributed by atoms with E-state index in [1.807, 2.05) is 6.92 Å². The largest absolute Gasteiger partial charge is 0.507 e. The lowest BCUT2D eigenvalue weighted by molar-refractivity contribution is -0.147. The highest BCUT2D eigenvalue weighted by Crippen LogP contribution is 2.42. The number of hydrogen-bond donors (Lipinski definition) is 2. The Labute approximate surface area is 152 Å². The number of aliphatic hydroxyl groups is 1. The van der Waals surface area contributed by atoms with Crippen LogP contribution >= 0.6 is 0 Å². The van der Waals surface area contributed by atoms with Crippen molar-refractivity contribution in [1.29, 1.82) is 0 Å². The first-order valence-corrected chi connectivity index (χ1v) is 8.40. The van der Waals surface area contributed by atoms with E-state index in [1.54, 1.807) is 13.0 Å². The van der Waals surface area contributed by atoms with Crippen molar-refractivity contribution in [3.05, 3.63) is 34.4 Å². The van der Waals surface area contributed by atoms with Crippen molar-refractivity contribution >= 4 is 11.9 Å².